The fourth-order valence-electron chi connectivity index (χ4n) is 2.56. The molecule has 1 saturated heterocycles. The van der Waals surface area contributed by atoms with E-state index in [1.807, 2.05) is 0 Å². The standard InChI is InChI=1S/C13H15F3N2O4S/c1-22-9-2-3-11(10(5-9)13(14,15)16)18-6-8(4-12(18)19)7-23(17,20)21/h2-3,5,8H,4,6-7H2,1H3,(H2,17,20,21). The molecule has 2 rings (SSSR count). The van der Waals surface area contributed by atoms with Crippen molar-refractivity contribution < 1.29 is 31.1 Å². The summed E-state index contributed by atoms with van der Waals surface area (Å²) in [6.07, 6.45) is -4.85. The van der Waals surface area contributed by atoms with E-state index < -0.39 is 39.3 Å². The van der Waals surface area contributed by atoms with Crippen molar-refractivity contribution in [2.75, 3.05) is 24.3 Å². The van der Waals surface area contributed by atoms with Crippen molar-refractivity contribution in [1.29, 1.82) is 0 Å². The number of benzene rings is 1. The van der Waals surface area contributed by atoms with Crippen LogP contribution in [0.4, 0.5) is 18.9 Å². The van der Waals surface area contributed by atoms with E-state index in [1.165, 1.54) is 13.2 Å². The quantitative estimate of drug-likeness (QED) is 0.886. The fourth-order valence-corrected chi connectivity index (χ4v) is 3.44. The molecule has 0 saturated carbocycles. The van der Waals surface area contributed by atoms with Crippen LogP contribution in [0.5, 0.6) is 5.75 Å². The second-order valence-electron chi connectivity index (χ2n) is 5.28. The van der Waals surface area contributed by atoms with Gasteiger partial charge in [0.15, 0.2) is 0 Å². The van der Waals surface area contributed by atoms with Crippen molar-refractivity contribution >= 4 is 21.6 Å². The van der Waals surface area contributed by atoms with Crippen molar-refractivity contribution in [2.24, 2.45) is 11.1 Å². The highest BCUT2D eigenvalue weighted by Crippen LogP contribution is 2.40. The fraction of sp³-hybridized carbons (Fsp3) is 0.462. The van der Waals surface area contributed by atoms with Crippen LogP contribution < -0.4 is 14.8 Å². The average molecular weight is 352 g/mol. The van der Waals surface area contributed by atoms with E-state index in [1.54, 1.807) is 0 Å². The number of nitrogens with two attached hydrogens (primary N) is 1. The first-order valence-corrected chi connectivity index (χ1v) is 8.29. The molecule has 2 N–H and O–H groups in total. The topological polar surface area (TPSA) is 89.7 Å². The van der Waals surface area contributed by atoms with Gasteiger partial charge in [-0.2, -0.15) is 13.2 Å². The Labute approximate surface area is 131 Å². The van der Waals surface area contributed by atoms with E-state index >= 15 is 0 Å². The molecule has 1 atom stereocenters. The predicted octanol–water partition coefficient (Wildman–Crippen LogP) is 1.36. The van der Waals surface area contributed by atoms with E-state index in [4.69, 9.17) is 9.88 Å². The summed E-state index contributed by atoms with van der Waals surface area (Å²) < 4.78 is 66.6. The molecule has 10 heteroatoms. The molecular formula is C13H15F3N2O4S. The Kier molecular flexibility index (Phi) is 4.58. The van der Waals surface area contributed by atoms with Gasteiger partial charge in [-0.3, -0.25) is 4.79 Å². The maximum Gasteiger partial charge on any atom is 0.418 e. The summed E-state index contributed by atoms with van der Waals surface area (Å²) in [5.41, 5.74) is -1.33. The van der Waals surface area contributed by atoms with Crippen LogP contribution in [-0.4, -0.2) is 33.7 Å². The van der Waals surface area contributed by atoms with E-state index in [0.29, 0.717) is 0 Å². The van der Waals surface area contributed by atoms with Gasteiger partial charge in [-0.25, -0.2) is 13.6 Å². The van der Waals surface area contributed by atoms with Gasteiger partial charge < -0.3 is 9.64 Å². The Bertz CT molecular complexity index is 718. The van der Waals surface area contributed by atoms with Crippen molar-refractivity contribution in [2.45, 2.75) is 12.6 Å². The van der Waals surface area contributed by atoms with Crippen LogP contribution in [0.25, 0.3) is 0 Å². The normalized spacial score (nSPS) is 19.3. The SMILES string of the molecule is COc1ccc(N2CC(CS(N)(=O)=O)CC2=O)c(C(F)(F)F)c1. The van der Waals surface area contributed by atoms with Crippen LogP contribution in [0.15, 0.2) is 18.2 Å². The first-order valence-electron chi connectivity index (χ1n) is 6.57. The van der Waals surface area contributed by atoms with E-state index in [0.717, 1.165) is 17.0 Å². The molecule has 6 nitrogen and oxygen atoms in total. The molecule has 1 aromatic rings. The van der Waals surface area contributed by atoms with Crippen LogP contribution in [0.1, 0.15) is 12.0 Å². The molecule has 1 unspecified atom stereocenters. The van der Waals surface area contributed by atoms with Gasteiger partial charge in [-0.05, 0) is 18.2 Å². The Hall–Kier alpha value is -1.81. The molecule has 128 valence electrons. The molecule has 1 fully saturated rings. The summed E-state index contributed by atoms with van der Waals surface area (Å²) in [6, 6.07) is 3.25. The number of rotatable bonds is 4. The predicted molar refractivity (Wildman–Crippen MR) is 76.4 cm³/mol. The lowest BCUT2D eigenvalue weighted by Gasteiger charge is -2.22. The van der Waals surface area contributed by atoms with Crippen LogP contribution in [0.2, 0.25) is 0 Å². The van der Waals surface area contributed by atoms with Gasteiger partial charge in [0, 0.05) is 18.9 Å². The summed E-state index contributed by atoms with van der Waals surface area (Å²) in [4.78, 5) is 12.9. The lowest BCUT2D eigenvalue weighted by Crippen LogP contribution is -2.29. The number of ether oxygens (including phenoxy) is 1. The smallest absolute Gasteiger partial charge is 0.418 e. The molecule has 1 heterocycles. The molecular weight excluding hydrogens is 337 g/mol. The van der Waals surface area contributed by atoms with Crippen LogP contribution in [-0.2, 0) is 21.0 Å². The van der Waals surface area contributed by atoms with Crippen LogP contribution >= 0.6 is 0 Å². The lowest BCUT2D eigenvalue weighted by molar-refractivity contribution is -0.137. The third-order valence-electron chi connectivity index (χ3n) is 3.47. The number of methoxy groups -OCH3 is 1. The van der Waals surface area contributed by atoms with Gasteiger partial charge in [-0.15, -0.1) is 0 Å². The molecule has 1 amide bonds. The highest BCUT2D eigenvalue weighted by Gasteiger charge is 2.40. The third-order valence-corrected chi connectivity index (χ3v) is 4.41. The summed E-state index contributed by atoms with van der Waals surface area (Å²) >= 11 is 0. The number of sulfonamides is 1. The number of nitrogens with zero attached hydrogens (tertiary/aromatic N) is 1. The van der Waals surface area contributed by atoms with Crippen LogP contribution in [0.3, 0.4) is 0 Å². The van der Waals surface area contributed by atoms with Crippen LogP contribution in [0, 0.1) is 5.92 Å². The number of halogens is 3. The van der Waals surface area contributed by atoms with E-state index in [2.05, 4.69) is 0 Å². The summed E-state index contributed by atoms with van der Waals surface area (Å²) in [6.45, 7) is -0.134. The maximum atomic E-state index is 13.2. The minimum atomic E-state index is -4.68. The number of amides is 1. The number of hydrogen-bond donors (Lipinski definition) is 1. The summed E-state index contributed by atoms with van der Waals surface area (Å²) in [5.74, 6) is -1.66. The van der Waals surface area contributed by atoms with E-state index in [9.17, 15) is 26.4 Å². The number of anilines is 1. The molecule has 0 radical (unpaired) electrons. The molecule has 0 bridgehead atoms. The number of hydrogen-bond acceptors (Lipinski definition) is 4. The largest absolute Gasteiger partial charge is 0.497 e. The monoisotopic (exact) mass is 352 g/mol. The molecule has 0 spiro atoms. The van der Waals surface area contributed by atoms with Gasteiger partial charge in [0.25, 0.3) is 0 Å². The zero-order valence-corrected chi connectivity index (χ0v) is 12.9. The van der Waals surface area contributed by atoms with Crippen molar-refractivity contribution in [3.05, 3.63) is 23.8 Å². The number of alkyl halides is 3. The van der Waals surface area contributed by atoms with E-state index in [-0.39, 0.29) is 24.4 Å². The minimum Gasteiger partial charge on any atom is -0.497 e. The van der Waals surface area contributed by atoms with Gasteiger partial charge in [0.2, 0.25) is 15.9 Å². The molecule has 0 aliphatic carbocycles. The van der Waals surface area contributed by atoms with Gasteiger partial charge in [0.1, 0.15) is 5.75 Å². The molecule has 23 heavy (non-hydrogen) atoms. The van der Waals surface area contributed by atoms with Gasteiger partial charge in [-0.1, -0.05) is 0 Å². The molecule has 1 aliphatic heterocycles. The van der Waals surface area contributed by atoms with Crippen molar-refractivity contribution in [1.82, 2.24) is 0 Å². The van der Waals surface area contributed by atoms with Gasteiger partial charge in [0.05, 0.1) is 24.1 Å². The second-order valence-corrected chi connectivity index (χ2v) is 6.94. The summed E-state index contributed by atoms with van der Waals surface area (Å²) in [5, 5.41) is 4.93. The average Bonchev–Trinajstić information content (AvgIpc) is 2.75. The summed E-state index contributed by atoms with van der Waals surface area (Å²) in [7, 11) is -2.57. The molecule has 1 aliphatic rings. The zero-order valence-electron chi connectivity index (χ0n) is 12.1. The third kappa shape index (κ3) is 4.14. The highest BCUT2D eigenvalue weighted by molar-refractivity contribution is 7.89. The molecule has 1 aromatic carbocycles. The first kappa shape index (κ1) is 17.5. The maximum absolute atomic E-state index is 13.2. The number of carbonyl (C=O) groups excluding carboxylic acids is 1. The number of primary sulfonamides is 1. The Morgan fingerprint density at radius 2 is 2.04 bits per heavy atom. The highest BCUT2D eigenvalue weighted by atomic mass is 32.2. The Morgan fingerprint density at radius 3 is 2.57 bits per heavy atom. The molecule has 0 aromatic heterocycles. The first-order chi connectivity index (χ1) is 10.5. The zero-order chi connectivity index (χ0) is 17.4. The lowest BCUT2D eigenvalue weighted by atomic mass is 10.1. The Morgan fingerprint density at radius 1 is 1.39 bits per heavy atom. The van der Waals surface area contributed by atoms with Gasteiger partial charge >= 0.3 is 6.18 Å². The number of carbonyl (C=O) groups is 1. The minimum absolute atomic E-state index is 0.00815. The van der Waals surface area contributed by atoms with Crippen molar-refractivity contribution in [3.63, 3.8) is 0 Å². The Balaban J connectivity index is 2.37. The van der Waals surface area contributed by atoms with Crippen molar-refractivity contribution in [3.8, 4) is 5.75 Å². The second kappa shape index (κ2) is 6.00.